The van der Waals surface area contributed by atoms with E-state index in [1.165, 1.54) is 62.2 Å². The molecule has 15 nitrogen and oxygen atoms in total. The average molecular weight is 2070 g/mol. The Bertz CT molecular complexity index is 5070. The zero-order valence-corrected chi connectivity index (χ0v) is 95.9. The van der Waals surface area contributed by atoms with Gasteiger partial charge in [0, 0.05) is 141 Å². The minimum atomic E-state index is -0.220. The minimum Gasteiger partial charge on any atom is -0.494 e. The van der Waals surface area contributed by atoms with Crippen LogP contribution >= 0.6 is 15.9 Å². The van der Waals surface area contributed by atoms with E-state index in [0.29, 0.717) is 123 Å². The molecule has 0 aromatic heterocycles. The van der Waals surface area contributed by atoms with Gasteiger partial charge in [0.15, 0.2) is 11.5 Å². The Hall–Kier alpha value is -10.6. The number of methoxy groups -OCH3 is 2. The number of aryl methyl sites for hydroxylation is 14. The third kappa shape index (κ3) is 61.3. The number of carbonyl (C=O) groups excluding carboxylic acids is 10. The first-order valence-electron chi connectivity index (χ1n) is 53.2. The summed E-state index contributed by atoms with van der Waals surface area (Å²) >= 11 is 3.47. The van der Waals surface area contributed by atoms with Crippen LogP contribution in [0.15, 0.2) is 211 Å². The number of rotatable bonds is 46. The molecule has 0 aliphatic carbocycles. The van der Waals surface area contributed by atoms with Gasteiger partial charge in [-0.2, -0.15) is 0 Å². The maximum Gasteiger partial charge on any atom is 0.163 e. The monoisotopic (exact) mass is 2070 g/mol. The zero-order chi connectivity index (χ0) is 110. The molecule has 0 saturated carbocycles. The standard InChI is InChI=1S/C15H22O3.C14H20O.C13H17FO.2C13H18O2.3C13H18O.C12H15BrO.C10H18O2/c1-10(2)13(16)7-6-12-8-11(3)15(18-5)14(9-12)17-4;1-11(2)14(15)6-4-5-13-9-7-12(3)8-10-13;1-9(2)13(15)5-4-11-6-10(3)7-12(14)8-11;1-11(2)13(14)9-6-10-15-12-7-4-3-5-8-12;1-10(2)13(15)8-7-11-5-3-4-6-12(11)9-14;1-10(2)13(14)9-8-12-6-4-11(3)5-7-12;2*1-10(2)13(14)9-8-12-7-5-4-6-11(12)3;1-9(2)12(14)8-7-10-5-3-4-6-11(10)13;1-8(2)10(11)4-3-9-5-6-12-7-9/h8-10H,6-7H2,1-5H3;7-11H,4-6H2,1-3H3;6-9H,4-5H2,1-3H3;3-5,7-8,11H,6,9-10H2,1-2H3;3-6,10,14H,7-9H2,1-2H3;3*4-7,10H,8-9H2,1-3H3;3-6,9H,7-8H2,1-2H3;8-9H,3-7H2,1-2H3. The van der Waals surface area contributed by atoms with Crippen molar-refractivity contribution in [1.82, 2.24) is 0 Å². The van der Waals surface area contributed by atoms with Crippen molar-refractivity contribution in [2.45, 2.75) is 328 Å². The second-order valence-electron chi connectivity index (χ2n) is 41.2. The number of ether oxygens (including phenoxy) is 4. The molecule has 0 radical (unpaired) electrons. The van der Waals surface area contributed by atoms with Crippen molar-refractivity contribution in [2.24, 2.45) is 65.1 Å². The molecular weight excluding hydrogens is 1890 g/mol. The fourth-order valence-corrected chi connectivity index (χ4v) is 15.1. The van der Waals surface area contributed by atoms with Crippen molar-refractivity contribution >= 4 is 73.8 Å². The quantitative estimate of drug-likeness (QED) is 0.0350. The van der Waals surface area contributed by atoms with Gasteiger partial charge in [0.1, 0.15) is 69.4 Å². The number of hydrogen-bond donors (Lipinski definition) is 1. The lowest BCUT2D eigenvalue weighted by atomic mass is 9.97. The van der Waals surface area contributed by atoms with Gasteiger partial charge in [0.25, 0.3) is 0 Å². The summed E-state index contributed by atoms with van der Waals surface area (Å²) < 4.78 is 35.4. The van der Waals surface area contributed by atoms with E-state index >= 15 is 0 Å². The average Bonchev–Trinajstić information content (AvgIpc) is 0.960. The van der Waals surface area contributed by atoms with E-state index < -0.39 is 0 Å². The lowest BCUT2D eigenvalue weighted by Crippen LogP contribution is -2.09. The first kappa shape index (κ1) is 133. The molecule has 17 heteroatoms. The van der Waals surface area contributed by atoms with E-state index in [9.17, 15) is 52.3 Å². The van der Waals surface area contributed by atoms with Crippen molar-refractivity contribution in [3.05, 3.63) is 300 Å². The van der Waals surface area contributed by atoms with Crippen molar-refractivity contribution in [3.63, 3.8) is 0 Å². The maximum atomic E-state index is 13.0. The summed E-state index contributed by atoms with van der Waals surface area (Å²) in [6.07, 6.45) is 16.9. The topological polar surface area (TPSA) is 228 Å². The van der Waals surface area contributed by atoms with Crippen LogP contribution in [0.2, 0.25) is 0 Å². The van der Waals surface area contributed by atoms with Gasteiger partial charge < -0.3 is 24.1 Å². The van der Waals surface area contributed by atoms with Gasteiger partial charge in [-0.3, -0.25) is 47.9 Å². The van der Waals surface area contributed by atoms with Crippen molar-refractivity contribution in [1.29, 1.82) is 0 Å². The van der Waals surface area contributed by atoms with Gasteiger partial charge in [-0.05, 0) is 233 Å². The summed E-state index contributed by atoms with van der Waals surface area (Å²) in [4.78, 5) is 114. The molecule has 0 bridgehead atoms. The maximum absolute atomic E-state index is 13.0. The number of aliphatic hydroxyl groups excluding tert-OH is 1. The Balaban J connectivity index is 0.000000812. The van der Waals surface area contributed by atoms with Crippen molar-refractivity contribution in [2.75, 3.05) is 34.0 Å². The number of carbonyl (C=O) groups is 10. The van der Waals surface area contributed by atoms with Crippen LogP contribution in [0.25, 0.3) is 0 Å². The van der Waals surface area contributed by atoms with Crippen LogP contribution in [-0.4, -0.2) is 97.0 Å². The number of halogens is 2. The SMILES string of the molecule is CC(C)C(=O)CCC1CCOC1.CC(C)C(=O)CCCOc1ccccc1.CC(C)C(=O)CCc1ccccc1Br.CC(C)C(=O)CCc1ccccc1CO.COc1cc(CCC(=O)C(C)C)cc(C)c1OC.Cc1cc(F)cc(CCC(=O)C(C)C)c1.Cc1ccc(CCC(=O)C(C)C)cc1.Cc1ccc(CCCC(=O)C(C)C)cc1.Cc1ccccc1CCC(=O)C(C)C.Cc1ccccc1CCC(=O)C(C)C. The number of benzene rings is 9. The summed E-state index contributed by atoms with van der Waals surface area (Å²) in [6.45, 7) is 53.4. The van der Waals surface area contributed by atoms with E-state index in [2.05, 4.69) is 129 Å². The lowest BCUT2D eigenvalue weighted by Gasteiger charge is -2.13. The molecule has 1 N–H and O–H groups in total. The highest BCUT2D eigenvalue weighted by atomic mass is 79.9. The third-order valence-corrected chi connectivity index (χ3v) is 25.9. The first-order valence-corrected chi connectivity index (χ1v) is 53.9. The zero-order valence-electron chi connectivity index (χ0n) is 94.3. The first-order chi connectivity index (χ1) is 69.0. The molecule has 9 aromatic rings. The Morgan fingerprint density at radius 2 is 0.664 bits per heavy atom. The Kier molecular flexibility index (Phi) is 70.2. The van der Waals surface area contributed by atoms with E-state index in [1.807, 2.05) is 262 Å². The molecule has 1 aliphatic rings. The van der Waals surface area contributed by atoms with E-state index in [-0.39, 0.29) is 83.2 Å². The Morgan fingerprint density at radius 1 is 0.329 bits per heavy atom. The van der Waals surface area contributed by atoms with Crippen molar-refractivity contribution in [3.8, 4) is 17.2 Å². The van der Waals surface area contributed by atoms with E-state index in [0.717, 1.165) is 145 Å². The molecule has 1 fully saturated rings. The van der Waals surface area contributed by atoms with Crippen LogP contribution in [0.4, 0.5) is 4.39 Å². The molecule has 1 saturated heterocycles. The largest absolute Gasteiger partial charge is 0.494 e. The number of aliphatic hydroxyl groups is 1. The predicted octanol–water partition coefficient (Wildman–Crippen LogP) is 30.5. The molecule has 0 amide bonds. The number of Topliss-reactive ketones (excluding diaryl/α,β-unsaturated/α-hetero) is 10. The summed E-state index contributed by atoms with van der Waals surface area (Å²) in [6, 6.07) is 67.8. The van der Waals surface area contributed by atoms with Gasteiger partial charge >= 0.3 is 0 Å². The van der Waals surface area contributed by atoms with Gasteiger partial charge in [0.2, 0.25) is 0 Å². The fourth-order valence-electron chi connectivity index (χ4n) is 14.6. The van der Waals surface area contributed by atoms with Gasteiger partial charge in [-0.25, -0.2) is 4.39 Å². The van der Waals surface area contributed by atoms with Crippen LogP contribution in [0.5, 0.6) is 17.2 Å². The van der Waals surface area contributed by atoms with Gasteiger partial charge in [-0.15, -0.1) is 0 Å². The molecule has 1 atom stereocenters. The Morgan fingerprint density at radius 3 is 1.04 bits per heavy atom. The van der Waals surface area contributed by atoms with E-state index in [4.69, 9.17) is 24.1 Å². The van der Waals surface area contributed by atoms with Crippen LogP contribution in [0.3, 0.4) is 0 Å². The number of para-hydroxylation sites is 1. The van der Waals surface area contributed by atoms with Crippen LogP contribution < -0.4 is 14.2 Å². The predicted molar refractivity (Wildman–Crippen MR) is 606 cm³/mol. The van der Waals surface area contributed by atoms with Crippen LogP contribution in [0.1, 0.15) is 312 Å². The molecule has 802 valence electrons. The van der Waals surface area contributed by atoms with Crippen LogP contribution in [-0.2, 0) is 111 Å². The Labute approximate surface area is 888 Å². The highest BCUT2D eigenvalue weighted by Gasteiger charge is 2.20. The molecular formula is C129H182BrFO15. The second kappa shape index (κ2) is 76.9. The molecule has 0 spiro atoms. The van der Waals surface area contributed by atoms with E-state index in [1.54, 1.807) is 14.2 Å². The summed E-state index contributed by atoms with van der Waals surface area (Å²) in [5, 5.41) is 9.11. The molecule has 9 aromatic carbocycles. The molecule has 1 aliphatic heterocycles. The normalized spacial score (nSPS) is 11.6. The van der Waals surface area contributed by atoms with Gasteiger partial charge in [-0.1, -0.05) is 335 Å². The smallest absolute Gasteiger partial charge is 0.163 e. The minimum absolute atomic E-state index is 0.0477. The number of hydrogen-bond acceptors (Lipinski definition) is 15. The second-order valence-corrected chi connectivity index (χ2v) is 42.1. The number of ketones is 10. The van der Waals surface area contributed by atoms with Crippen LogP contribution in [0, 0.1) is 112 Å². The third-order valence-electron chi connectivity index (χ3n) is 25.1. The van der Waals surface area contributed by atoms with Crippen molar-refractivity contribution < 1.29 is 76.4 Å². The fraction of sp³-hybridized carbons (Fsp3) is 0.504. The molecule has 1 unspecified atom stereocenters. The molecule has 146 heavy (non-hydrogen) atoms. The summed E-state index contributed by atoms with van der Waals surface area (Å²) in [5.74, 6) is 7.51. The van der Waals surface area contributed by atoms with Gasteiger partial charge in [0.05, 0.1) is 27.4 Å². The highest BCUT2D eigenvalue weighted by molar-refractivity contribution is 9.10. The lowest BCUT2D eigenvalue weighted by molar-refractivity contribution is -0.122. The summed E-state index contributed by atoms with van der Waals surface area (Å²) in [5.41, 5.74) is 17.5. The molecule has 10 rings (SSSR count). The highest BCUT2D eigenvalue weighted by Crippen LogP contribution is 2.33. The summed E-state index contributed by atoms with van der Waals surface area (Å²) in [7, 11) is 3.26. The molecule has 1 heterocycles.